The molecule has 3 fully saturated rings. The van der Waals surface area contributed by atoms with Crippen molar-refractivity contribution in [1.82, 2.24) is 10.2 Å². The number of fused-ring (bicyclic) bond motifs is 5. The monoisotopic (exact) mass is 416 g/mol. The van der Waals surface area contributed by atoms with Gasteiger partial charge in [0.25, 0.3) is 0 Å². The maximum atomic E-state index is 13.1. The molecule has 2 saturated carbocycles. The van der Waals surface area contributed by atoms with Crippen LogP contribution < -0.4 is 5.32 Å². The van der Waals surface area contributed by atoms with Crippen LogP contribution in [0.15, 0.2) is 11.8 Å². The lowest BCUT2D eigenvalue weighted by Gasteiger charge is -2.59. The SMILES string of the molecule is CC(C)CCNC(=O)C1CCC2C3CC=C4N(C)C(=O)CC[C@]4(C)C3[C@@H](O)C[C@]12C. The quantitative estimate of drug-likeness (QED) is 0.734. The van der Waals surface area contributed by atoms with Gasteiger partial charge in [0.2, 0.25) is 11.8 Å². The standard InChI is InChI=1S/C25H40N2O3/c1-15(2)11-13-26-23(30)18-8-7-17-16-6-9-20-24(3,12-10-21(29)27(20)5)22(16)19(28)14-25(17,18)4/h9,15-19,22,28H,6-8,10-14H2,1-5H3,(H,26,30)/t16?,17?,18?,19-,22?,24-,25-/m0/s1. The van der Waals surface area contributed by atoms with Gasteiger partial charge in [-0.1, -0.05) is 33.8 Å². The topological polar surface area (TPSA) is 69.6 Å². The highest BCUT2D eigenvalue weighted by atomic mass is 16.3. The summed E-state index contributed by atoms with van der Waals surface area (Å²) in [5.41, 5.74) is 0.827. The molecule has 0 aromatic carbocycles. The van der Waals surface area contributed by atoms with Crippen LogP contribution >= 0.6 is 0 Å². The van der Waals surface area contributed by atoms with E-state index >= 15 is 0 Å². The van der Waals surface area contributed by atoms with Crippen molar-refractivity contribution in [1.29, 1.82) is 0 Å². The van der Waals surface area contributed by atoms with E-state index in [2.05, 4.69) is 39.1 Å². The average molecular weight is 417 g/mol. The highest BCUT2D eigenvalue weighted by Gasteiger charge is 2.63. The minimum absolute atomic E-state index is 0.000878. The third-order valence-corrected chi connectivity index (χ3v) is 9.29. The van der Waals surface area contributed by atoms with E-state index in [0.717, 1.165) is 44.3 Å². The summed E-state index contributed by atoms with van der Waals surface area (Å²) in [6.07, 6.45) is 7.84. The van der Waals surface area contributed by atoms with Crippen molar-refractivity contribution < 1.29 is 14.7 Å². The van der Waals surface area contributed by atoms with Gasteiger partial charge in [-0.05, 0) is 67.6 Å². The Kier molecular flexibility index (Phi) is 5.57. The number of likely N-dealkylation sites (tertiary alicyclic amines) is 1. The molecule has 7 atom stereocenters. The number of amides is 2. The summed E-state index contributed by atoms with van der Waals surface area (Å²) in [6.45, 7) is 9.62. The van der Waals surface area contributed by atoms with Gasteiger partial charge in [-0.15, -0.1) is 0 Å². The highest BCUT2D eigenvalue weighted by molar-refractivity contribution is 5.80. The number of allylic oxidation sites excluding steroid dienone is 2. The van der Waals surface area contributed by atoms with Gasteiger partial charge < -0.3 is 15.3 Å². The molecule has 1 saturated heterocycles. The molecule has 30 heavy (non-hydrogen) atoms. The smallest absolute Gasteiger partial charge is 0.226 e. The third-order valence-electron chi connectivity index (χ3n) is 9.29. The number of nitrogens with one attached hydrogen (secondary N) is 1. The van der Waals surface area contributed by atoms with Crippen LogP contribution in [0.3, 0.4) is 0 Å². The summed E-state index contributed by atoms with van der Waals surface area (Å²) in [5, 5.41) is 14.6. The molecule has 4 aliphatic rings. The predicted octanol–water partition coefficient (Wildman–Crippen LogP) is 3.72. The van der Waals surface area contributed by atoms with Crippen molar-refractivity contribution in [2.45, 2.75) is 78.7 Å². The summed E-state index contributed by atoms with van der Waals surface area (Å²) < 4.78 is 0. The average Bonchev–Trinajstić information content (AvgIpc) is 3.01. The molecular weight excluding hydrogens is 376 g/mol. The molecule has 3 aliphatic carbocycles. The Labute approximate surface area is 181 Å². The number of carbonyl (C=O) groups is 2. The summed E-state index contributed by atoms with van der Waals surface area (Å²) in [4.78, 5) is 27.2. The third kappa shape index (κ3) is 3.23. The van der Waals surface area contributed by atoms with Crippen LogP contribution in [0.1, 0.15) is 72.6 Å². The number of hydrogen-bond acceptors (Lipinski definition) is 3. The molecule has 5 nitrogen and oxygen atoms in total. The summed E-state index contributed by atoms with van der Waals surface area (Å²) >= 11 is 0. The molecule has 4 unspecified atom stereocenters. The van der Waals surface area contributed by atoms with Gasteiger partial charge >= 0.3 is 0 Å². The van der Waals surface area contributed by atoms with Crippen LogP contribution in [0.25, 0.3) is 0 Å². The zero-order valence-electron chi connectivity index (χ0n) is 19.4. The minimum atomic E-state index is -0.421. The van der Waals surface area contributed by atoms with E-state index in [1.807, 2.05) is 11.9 Å². The molecule has 0 aromatic rings. The number of nitrogens with zero attached hydrogens (tertiary/aromatic N) is 1. The zero-order valence-corrected chi connectivity index (χ0v) is 19.4. The van der Waals surface area contributed by atoms with Crippen LogP contribution in [-0.2, 0) is 9.59 Å². The largest absolute Gasteiger partial charge is 0.393 e. The van der Waals surface area contributed by atoms with E-state index in [9.17, 15) is 14.7 Å². The van der Waals surface area contributed by atoms with Crippen molar-refractivity contribution in [3.63, 3.8) is 0 Å². The van der Waals surface area contributed by atoms with Gasteiger partial charge in [0.05, 0.1) is 6.10 Å². The van der Waals surface area contributed by atoms with E-state index in [1.165, 1.54) is 0 Å². The van der Waals surface area contributed by atoms with Crippen molar-refractivity contribution in [2.24, 2.45) is 40.4 Å². The fourth-order valence-corrected chi connectivity index (χ4v) is 7.75. The first-order chi connectivity index (χ1) is 14.1. The molecule has 1 heterocycles. The first-order valence-electron chi connectivity index (χ1n) is 12.0. The zero-order chi connectivity index (χ0) is 21.8. The number of carbonyl (C=O) groups excluding carboxylic acids is 2. The fraction of sp³-hybridized carbons (Fsp3) is 0.840. The summed E-state index contributed by atoms with van der Waals surface area (Å²) in [5.74, 6) is 1.98. The Hall–Kier alpha value is -1.36. The number of hydrogen-bond donors (Lipinski definition) is 2. The van der Waals surface area contributed by atoms with Crippen molar-refractivity contribution >= 4 is 11.8 Å². The van der Waals surface area contributed by atoms with E-state index < -0.39 is 6.10 Å². The Bertz CT molecular complexity index is 747. The van der Waals surface area contributed by atoms with Crippen LogP contribution in [-0.4, -0.2) is 41.5 Å². The van der Waals surface area contributed by atoms with Gasteiger partial charge in [-0.25, -0.2) is 0 Å². The van der Waals surface area contributed by atoms with Crippen molar-refractivity contribution in [3.05, 3.63) is 11.8 Å². The van der Waals surface area contributed by atoms with Gasteiger partial charge in [-0.3, -0.25) is 9.59 Å². The van der Waals surface area contributed by atoms with Crippen LogP contribution in [0.5, 0.6) is 0 Å². The molecule has 5 heteroatoms. The maximum absolute atomic E-state index is 13.1. The van der Waals surface area contributed by atoms with Gasteiger partial charge in [0, 0.05) is 37.0 Å². The molecule has 1 aliphatic heterocycles. The molecule has 0 bridgehead atoms. The molecular formula is C25H40N2O3. The molecule has 0 spiro atoms. The van der Waals surface area contributed by atoms with Crippen LogP contribution in [0, 0.1) is 40.4 Å². The van der Waals surface area contributed by atoms with Crippen LogP contribution in [0.2, 0.25) is 0 Å². The Morgan fingerprint density at radius 3 is 2.77 bits per heavy atom. The lowest BCUT2D eigenvalue weighted by molar-refractivity contribution is -0.151. The number of aliphatic hydroxyl groups excluding tert-OH is 1. The molecule has 4 rings (SSSR count). The van der Waals surface area contributed by atoms with Crippen LogP contribution in [0.4, 0.5) is 0 Å². The minimum Gasteiger partial charge on any atom is -0.393 e. The van der Waals surface area contributed by atoms with Gasteiger partial charge in [0.1, 0.15) is 0 Å². The summed E-state index contributed by atoms with van der Waals surface area (Å²) in [7, 11) is 1.89. The second-order valence-corrected chi connectivity index (χ2v) is 11.4. The first-order valence-corrected chi connectivity index (χ1v) is 12.0. The number of rotatable bonds is 4. The van der Waals surface area contributed by atoms with Crippen molar-refractivity contribution in [3.8, 4) is 0 Å². The van der Waals surface area contributed by atoms with E-state index in [1.54, 1.807) is 0 Å². The molecule has 2 N–H and O–H groups in total. The second-order valence-electron chi connectivity index (χ2n) is 11.4. The molecule has 2 amide bonds. The number of aliphatic hydroxyl groups is 1. The Morgan fingerprint density at radius 1 is 1.33 bits per heavy atom. The van der Waals surface area contributed by atoms with E-state index in [4.69, 9.17) is 0 Å². The Balaban J connectivity index is 1.58. The normalized spacial score (nSPS) is 43.0. The maximum Gasteiger partial charge on any atom is 0.226 e. The lowest BCUT2D eigenvalue weighted by Crippen LogP contribution is -2.59. The molecule has 0 aromatic heterocycles. The predicted molar refractivity (Wildman–Crippen MR) is 117 cm³/mol. The molecule has 0 radical (unpaired) electrons. The van der Waals surface area contributed by atoms with Gasteiger partial charge in [-0.2, -0.15) is 0 Å². The fourth-order valence-electron chi connectivity index (χ4n) is 7.75. The van der Waals surface area contributed by atoms with E-state index in [0.29, 0.717) is 30.6 Å². The van der Waals surface area contributed by atoms with Crippen molar-refractivity contribution in [2.75, 3.05) is 13.6 Å². The highest BCUT2D eigenvalue weighted by Crippen LogP contribution is 2.65. The first kappa shape index (κ1) is 21.9. The molecule has 168 valence electrons. The second kappa shape index (κ2) is 7.65. The van der Waals surface area contributed by atoms with E-state index in [-0.39, 0.29) is 34.5 Å². The summed E-state index contributed by atoms with van der Waals surface area (Å²) in [6, 6.07) is 0. The number of piperidine rings is 1. The van der Waals surface area contributed by atoms with Gasteiger partial charge in [0.15, 0.2) is 0 Å². The Morgan fingerprint density at radius 2 is 2.07 bits per heavy atom. The lowest BCUT2D eigenvalue weighted by atomic mass is 9.48.